The van der Waals surface area contributed by atoms with Crippen molar-refractivity contribution in [1.29, 1.82) is 0 Å². The number of hydrogen-bond donors (Lipinski definition) is 0. The molecule has 1 aromatic heterocycles. The van der Waals surface area contributed by atoms with Crippen LogP contribution in [0.1, 0.15) is 16.8 Å². The predicted molar refractivity (Wildman–Crippen MR) is 73.0 cm³/mol. The Morgan fingerprint density at radius 1 is 1.61 bits per heavy atom. The van der Waals surface area contributed by atoms with E-state index in [1.165, 1.54) is 13.3 Å². The van der Waals surface area contributed by atoms with Gasteiger partial charge in [0.05, 0.1) is 24.6 Å². The van der Waals surface area contributed by atoms with Gasteiger partial charge in [0.2, 0.25) is 5.91 Å². The van der Waals surface area contributed by atoms with Crippen LogP contribution in [0, 0.1) is 0 Å². The maximum Gasteiger partial charge on any atom is 0.340 e. The van der Waals surface area contributed by atoms with Gasteiger partial charge in [-0.1, -0.05) is 15.9 Å². The number of pyridine rings is 1. The number of nitrogens with zero attached hydrogens (tertiary/aromatic N) is 2. The number of anilines is 1. The number of esters is 1. The van der Waals surface area contributed by atoms with Gasteiger partial charge in [-0.25, -0.2) is 9.78 Å². The number of halogens is 2. The highest BCUT2D eigenvalue weighted by molar-refractivity contribution is 9.10. The molecule has 1 unspecified atom stereocenters. The summed E-state index contributed by atoms with van der Waals surface area (Å²) in [5.41, 5.74) is 0.811. The molecule has 1 aliphatic heterocycles. The first-order chi connectivity index (χ1) is 8.52. The molecule has 18 heavy (non-hydrogen) atoms. The first-order valence-corrected chi connectivity index (χ1v) is 6.92. The molecular formula is C11H10Br2N2O3. The van der Waals surface area contributed by atoms with Gasteiger partial charge in [0.25, 0.3) is 0 Å². The fraction of sp³-hybridized carbons (Fsp3) is 0.364. The molecule has 1 fully saturated rings. The number of hydrogen-bond acceptors (Lipinski definition) is 4. The van der Waals surface area contributed by atoms with Crippen molar-refractivity contribution in [2.45, 2.75) is 11.2 Å². The minimum Gasteiger partial charge on any atom is -0.465 e. The second-order valence-corrected chi connectivity index (χ2v) is 5.93. The summed E-state index contributed by atoms with van der Waals surface area (Å²) >= 11 is 6.60. The zero-order valence-corrected chi connectivity index (χ0v) is 12.7. The molecule has 1 saturated heterocycles. The molecule has 0 spiro atoms. The lowest BCUT2D eigenvalue weighted by atomic mass is 10.2. The number of ether oxygens (including phenoxy) is 1. The van der Waals surface area contributed by atoms with E-state index in [1.54, 1.807) is 11.0 Å². The van der Waals surface area contributed by atoms with Gasteiger partial charge in [-0.05, 0) is 22.0 Å². The predicted octanol–water partition coefficient (Wildman–Crippen LogP) is 2.13. The molecule has 1 aliphatic rings. The normalized spacial score (nSPS) is 19.2. The van der Waals surface area contributed by atoms with Gasteiger partial charge in [-0.3, -0.25) is 4.79 Å². The van der Waals surface area contributed by atoms with Gasteiger partial charge in [0, 0.05) is 17.8 Å². The summed E-state index contributed by atoms with van der Waals surface area (Å²) in [4.78, 5) is 29.3. The molecule has 2 heterocycles. The lowest BCUT2D eigenvalue weighted by Crippen LogP contribution is -2.27. The van der Waals surface area contributed by atoms with E-state index in [9.17, 15) is 9.59 Å². The van der Waals surface area contributed by atoms with E-state index < -0.39 is 5.97 Å². The standard InChI is InChI=1S/C11H10Br2N2O3/c1-18-11(17)7-3-9(13)14-4-8(7)15-5-6(12)2-10(15)16/h3-4,6H,2,5H2,1H3. The fourth-order valence-corrected chi connectivity index (χ4v) is 2.71. The van der Waals surface area contributed by atoms with Crippen LogP contribution >= 0.6 is 31.9 Å². The number of carbonyl (C=O) groups is 2. The molecule has 1 aromatic rings. The largest absolute Gasteiger partial charge is 0.465 e. The van der Waals surface area contributed by atoms with Crippen LogP contribution in [0.5, 0.6) is 0 Å². The maximum atomic E-state index is 11.8. The summed E-state index contributed by atoms with van der Waals surface area (Å²) in [7, 11) is 1.31. The van der Waals surface area contributed by atoms with E-state index >= 15 is 0 Å². The fourth-order valence-electron chi connectivity index (χ4n) is 1.81. The number of methoxy groups -OCH3 is 1. The summed E-state index contributed by atoms with van der Waals surface area (Å²) in [6.45, 7) is 0.520. The van der Waals surface area contributed by atoms with Crippen molar-refractivity contribution in [2.75, 3.05) is 18.6 Å². The number of carbonyl (C=O) groups excluding carboxylic acids is 2. The Morgan fingerprint density at radius 3 is 2.89 bits per heavy atom. The van der Waals surface area contributed by atoms with Crippen LogP contribution in [0.4, 0.5) is 5.69 Å². The minimum absolute atomic E-state index is 0.0360. The molecule has 0 radical (unpaired) electrons. The zero-order valence-electron chi connectivity index (χ0n) is 9.52. The Hall–Kier alpha value is -0.950. The Labute approximate surface area is 121 Å². The zero-order chi connectivity index (χ0) is 13.3. The Balaban J connectivity index is 2.44. The Morgan fingerprint density at radius 2 is 2.33 bits per heavy atom. The molecule has 0 bridgehead atoms. The first-order valence-electron chi connectivity index (χ1n) is 5.21. The Bertz CT molecular complexity index is 507. The molecule has 2 rings (SSSR count). The number of amides is 1. The van der Waals surface area contributed by atoms with Crippen molar-refractivity contribution in [2.24, 2.45) is 0 Å². The van der Waals surface area contributed by atoms with Crippen molar-refractivity contribution in [3.05, 3.63) is 22.4 Å². The second-order valence-electron chi connectivity index (χ2n) is 3.82. The van der Waals surface area contributed by atoms with Crippen molar-refractivity contribution < 1.29 is 14.3 Å². The van der Waals surface area contributed by atoms with Gasteiger partial charge in [0.15, 0.2) is 0 Å². The lowest BCUT2D eigenvalue weighted by Gasteiger charge is -2.18. The molecule has 0 N–H and O–H groups in total. The van der Waals surface area contributed by atoms with Gasteiger partial charge >= 0.3 is 5.97 Å². The average Bonchev–Trinajstić information content (AvgIpc) is 2.67. The van der Waals surface area contributed by atoms with Crippen LogP contribution in [0.3, 0.4) is 0 Å². The molecule has 0 saturated carbocycles. The summed E-state index contributed by atoms with van der Waals surface area (Å²) in [5, 5.41) is 0. The third-order valence-corrected chi connectivity index (χ3v) is 3.67. The molecule has 0 aliphatic carbocycles. The molecule has 1 amide bonds. The molecule has 96 valence electrons. The van der Waals surface area contributed by atoms with Gasteiger partial charge in [-0.15, -0.1) is 0 Å². The van der Waals surface area contributed by atoms with Crippen molar-refractivity contribution in [1.82, 2.24) is 4.98 Å². The smallest absolute Gasteiger partial charge is 0.340 e. The molecule has 0 aromatic carbocycles. The van der Waals surface area contributed by atoms with Gasteiger partial charge in [0.1, 0.15) is 4.60 Å². The van der Waals surface area contributed by atoms with E-state index in [4.69, 9.17) is 4.74 Å². The minimum atomic E-state index is -0.487. The van der Waals surface area contributed by atoms with Crippen LogP contribution in [0.15, 0.2) is 16.9 Å². The Kier molecular flexibility index (Phi) is 4.01. The van der Waals surface area contributed by atoms with Crippen molar-refractivity contribution in [3.8, 4) is 0 Å². The molecular weight excluding hydrogens is 368 g/mol. The number of rotatable bonds is 2. The van der Waals surface area contributed by atoms with E-state index in [2.05, 4.69) is 36.8 Å². The van der Waals surface area contributed by atoms with Crippen LogP contribution in [-0.4, -0.2) is 35.3 Å². The summed E-state index contributed by atoms with van der Waals surface area (Å²) in [6, 6.07) is 1.55. The maximum absolute atomic E-state index is 11.8. The van der Waals surface area contributed by atoms with E-state index in [0.29, 0.717) is 28.8 Å². The van der Waals surface area contributed by atoms with Gasteiger partial charge in [-0.2, -0.15) is 0 Å². The quantitative estimate of drug-likeness (QED) is 0.450. The van der Waals surface area contributed by atoms with Crippen molar-refractivity contribution >= 4 is 49.4 Å². The van der Waals surface area contributed by atoms with E-state index in [-0.39, 0.29) is 10.7 Å². The van der Waals surface area contributed by atoms with Crippen LogP contribution in [0.2, 0.25) is 0 Å². The number of alkyl halides is 1. The summed E-state index contributed by atoms with van der Waals surface area (Å²) in [5.74, 6) is -0.523. The summed E-state index contributed by atoms with van der Waals surface area (Å²) in [6.07, 6.45) is 1.91. The van der Waals surface area contributed by atoms with Crippen LogP contribution < -0.4 is 4.90 Å². The van der Waals surface area contributed by atoms with Crippen molar-refractivity contribution in [3.63, 3.8) is 0 Å². The van der Waals surface area contributed by atoms with Crippen LogP contribution in [-0.2, 0) is 9.53 Å². The highest BCUT2D eigenvalue weighted by atomic mass is 79.9. The highest BCUT2D eigenvalue weighted by Crippen LogP contribution is 2.29. The van der Waals surface area contributed by atoms with Crippen LogP contribution in [0.25, 0.3) is 0 Å². The molecule has 7 heteroatoms. The topological polar surface area (TPSA) is 59.5 Å². The summed E-state index contributed by atoms with van der Waals surface area (Å²) < 4.78 is 5.24. The second kappa shape index (κ2) is 5.36. The van der Waals surface area contributed by atoms with Gasteiger partial charge < -0.3 is 9.64 Å². The van der Waals surface area contributed by atoms with E-state index in [1.807, 2.05) is 0 Å². The lowest BCUT2D eigenvalue weighted by molar-refractivity contribution is -0.117. The number of aromatic nitrogens is 1. The average molecular weight is 378 g/mol. The molecule has 5 nitrogen and oxygen atoms in total. The van der Waals surface area contributed by atoms with E-state index in [0.717, 1.165) is 0 Å². The first kappa shape index (κ1) is 13.5. The third kappa shape index (κ3) is 2.56. The molecule has 1 atom stereocenters. The SMILES string of the molecule is COC(=O)c1cc(Br)ncc1N1CC(Br)CC1=O. The monoisotopic (exact) mass is 376 g/mol. The third-order valence-electron chi connectivity index (χ3n) is 2.62. The highest BCUT2D eigenvalue weighted by Gasteiger charge is 2.31.